The largest absolute Gasteiger partial charge is 0.310 e. The normalized spacial score (nSPS) is 15.7. The number of para-hydroxylation sites is 3. The van der Waals surface area contributed by atoms with Crippen LogP contribution in [-0.4, -0.2) is 8.07 Å². The van der Waals surface area contributed by atoms with E-state index in [9.17, 15) is 0 Å². The number of rotatable bonds is 1. The molecule has 9 rings (SSSR count). The van der Waals surface area contributed by atoms with E-state index >= 15 is 0 Å². The van der Waals surface area contributed by atoms with Crippen LogP contribution >= 0.6 is 11.3 Å². The highest BCUT2D eigenvalue weighted by atomic mass is 32.1. The molecule has 2 aliphatic heterocycles. The van der Waals surface area contributed by atoms with Crippen LogP contribution in [0.1, 0.15) is 22.3 Å². The first kappa shape index (κ1) is 24.2. The van der Waals surface area contributed by atoms with Gasteiger partial charge >= 0.3 is 0 Å². The summed E-state index contributed by atoms with van der Waals surface area (Å²) in [5.74, 6) is 0. The molecule has 0 fully saturated rings. The molecule has 0 radical (unpaired) electrons. The summed E-state index contributed by atoms with van der Waals surface area (Å²) in [7, 11) is -2.05. The molecule has 1 spiro atoms. The first-order valence-electron chi connectivity index (χ1n) is 14.7. The highest BCUT2D eigenvalue weighted by Gasteiger charge is 2.53. The van der Waals surface area contributed by atoms with Crippen LogP contribution in [0.25, 0.3) is 20.2 Å². The van der Waals surface area contributed by atoms with Crippen LogP contribution in [0.3, 0.4) is 0 Å². The Morgan fingerprint density at radius 3 is 1.83 bits per heavy atom. The Balaban J connectivity index is 1.49. The van der Waals surface area contributed by atoms with Crippen molar-refractivity contribution in [2.45, 2.75) is 18.5 Å². The van der Waals surface area contributed by atoms with Gasteiger partial charge in [-0.05, 0) is 69.0 Å². The van der Waals surface area contributed by atoms with Gasteiger partial charge in [-0.1, -0.05) is 116 Å². The average Bonchev–Trinajstić information content (AvgIpc) is 3.41. The Hall–Kier alpha value is -4.44. The molecular formula is C39H29NSSi. The van der Waals surface area contributed by atoms with E-state index < -0.39 is 13.5 Å². The predicted octanol–water partition coefficient (Wildman–Crippen LogP) is 9.36. The zero-order valence-corrected chi connectivity index (χ0v) is 25.5. The lowest BCUT2D eigenvalue weighted by molar-refractivity contribution is 0.736. The standard InChI is InChI=1S/C39H29NSSi/c1-42(2)37-23-13-9-19-31(37)39(32-25-36-28(24-38(32)42)27-16-6-12-22-35(27)41-36)29-17-7-10-20-33(29)40(26-14-4-3-5-15-26)34-21-11-8-18-30(34)39/h3-25H,1-2H3. The summed E-state index contributed by atoms with van der Waals surface area (Å²) in [6.07, 6.45) is 0. The summed E-state index contributed by atoms with van der Waals surface area (Å²) in [4.78, 5) is 2.47. The van der Waals surface area contributed by atoms with Crippen molar-refractivity contribution in [3.8, 4) is 0 Å². The molecule has 0 unspecified atom stereocenters. The smallest absolute Gasteiger partial charge is 0.113 e. The Morgan fingerprint density at radius 2 is 1.10 bits per heavy atom. The van der Waals surface area contributed by atoms with Gasteiger partial charge in [-0.25, -0.2) is 0 Å². The number of fused-ring (bicyclic) bond motifs is 11. The van der Waals surface area contributed by atoms with E-state index in [4.69, 9.17) is 0 Å². The molecule has 1 nitrogen and oxygen atoms in total. The molecule has 0 N–H and O–H groups in total. The molecule has 0 aliphatic carbocycles. The quantitative estimate of drug-likeness (QED) is 0.177. The summed E-state index contributed by atoms with van der Waals surface area (Å²) in [6.45, 7) is 5.10. The topological polar surface area (TPSA) is 3.24 Å². The first-order valence-corrected chi connectivity index (χ1v) is 18.5. The van der Waals surface area contributed by atoms with Gasteiger partial charge in [0, 0.05) is 25.9 Å². The zero-order valence-electron chi connectivity index (χ0n) is 23.6. The maximum atomic E-state index is 2.59. The molecule has 2 aliphatic rings. The summed E-state index contributed by atoms with van der Waals surface area (Å²) in [5, 5.41) is 5.86. The minimum absolute atomic E-state index is 0.419. The van der Waals surface area contributed by atoms with Crippen molar-refractivity contribution in [2.75, 3.05) is 4.90 Å². The van der Waals surface area contributed by atoms with Gasteiger partial charge < -0.3 is 4.90 Å². The number of thiophene rings is 1. The molecular weight excluding hydrogens is 543 g/mol. The van der Waals surface area contributed by atoms with Crippen LogP contribution in [0.15, 0.2) is 140 Å². The molecule has 0 saturated heterocycles. The highest BCUT2D eigenvalue weighted by molar-refractivity contribution is 7.25. The van der Waals surface area contributed by atoms with E-state index in [1.54, 1.807) is 5.19 Å². The van der Waals surface area contributed by atoms with E-state index in [-0.39, 0.29) is 0 Å². The third-order valence-electron chi connectivity index (χ3n) is 9.71. The van der Waals surface area contributed by atoms with E-state index in [1.807, 2.05) is 11.3 Å². The Kier molecular flexibility index (Phi) is 4.92. The number of nitrogens with zero attached hydrogens (tertiary/aromatic N) is 1. The van der Waals surface area contributed by atoms with Crippen LogP contribution in [0.5, 0.6) is 0 Å². The second-order valence-corrected chi connectivity index (χ2v) is 17.5. The average molecular weight is 572 g/mol. The summed E-state index contributed by atoms with van der Waals surface area (Å²) < 4.78 is 2.74. The highest BCUT2D eigenvalue weighted by Crippen LogP contribution is 2.58. The van der Waals surface area contributed by atoms with E-state index in [2.05, 4.69) is 158 Å². The Labute approximate surface area is 251 Å². The van der Waals surface area contributed by atoms with Crippen molar-refractivity contribution < 1.29 is 0 Å². The summed E-state index contributed by atoms with van der Waals surface area (Å²) in [6, 6.07) is 52.5. The molecule has 6 aromatic carbocycles. The minimum Gasteiger partial charge on any atom is -0.310 e. The molecule has 0 amide bonds. The van der Waals surface area contributed by atoms with Crippen molar-refractivity contribution >= 4 is 67.0 Å². The maximum absolute atomic E-state index is 2.59. The van der Waals surface area contributed by atoms with Gasteiger partial charge in [-0.2, -0.15) is 0 Å². The second kappa shape index (κ2) is 8.54. The molecule has 0 bridgehead atoms. The van der Waals surface area contributed by atoms with Gasteiger partial charge in [0.1, 0.15) is 8.07 Å². The van der Waals surface area contributed by atoms with Gasteiger partial charge in [0.2, 0.25) is 0 Å². The lowest BCUT2D eigenvalue weighted by Gasteiger charge is -2.52. The van der Waals surface area contributed by atoms with E-state index in [0.717, 1.165) is 0 Å². The fourth-order valence-corrected chi connectivity index (χ4v) is 12.2. The van der Waals surface area contributed by atoms with Crippen molar-refractivity contribution in [3.63, 3.8) is 0 Å². The van der Waals surface area contributed by atoms with Crippen molar-refractivity contribution in [2.24, 2.45) is 0 Å². The monoisotopic (exact) mass is 571 g/mol. The molecule has 3 heterocycles. The van der Waals surface area contributed by atoms with Crippen LogP contribution < -0.4 is 15.3 Å². The summed E-state index contributed by atoms with van der Waals surface area (Å²) >= 11 is 1.93. The number of hydrogen-bond acceptors (Lipinski definition) is 2. The molecule has 0 atom stereocenters. The SMILES string of the molecule is C[Si]1(C)c2ccccc2C2(c3ccccc3N(c3ccccc3)c3ccccc32)c2cc3sc4ccccc4c3cc21. The Morgan fingerprint density at radius 1 is 0.500 bits per heavy atom. The number of benzene rings is 6. The third kappa shape index (κ3) is 2.97. The van der Waals surface area contributed by atoms with Gasteiger partial charge in [0.15, 0.2) is 0 Å². The van der Waals surface area contributed by atoms with Crippen LogP contribution in [0, 0.1) is 0 Å². The first-order chi connectivity index (χ1) is 20.6. The molecule has 3 heteroatoms. The van der Waals surface area contributed by atoms with Crippen LogP contribution in [0.4, 0.5) is 17.1 Å². The molecule has 0 saturated carbocycles. The lowest BCUT2D eigenvalue weighted by atomic mass is 9.62. The number of anilines is 3. The molecule has 7 aromatic rings. The van der Waals surface area contributed by atoms with Crippen molar-refractivity contribution in [1.82, 2.24) is 0 Å². The van der Waals surface area contributed by atoms with Crippen molar-refractivity contribution in [3.05, 3.63) is 162 Å². The zero-order chi connectivity index (χ0) is 28.1. The van der Waals surface area contributed by atoms with E-state index in [0.29, 0.717) is 0 Å². The van der Waals surface area contributed by atoms with E-state index in [1.165, 1.54) is 64.7 Å². The summed E-state index contributed by atoms with van der Waals surface area (Å²) in [5.41, 5.74) is 8.88. The fourth-order valence-electron chi connectivity index (χ4n) is 7.93. The van der Waals surface area contributed by atoms with Crippen LogP contribution in [-0.2, 0) is 5.41 Å². The minimum atomic E-state index is -2.05. The third-order valence-corrected chi connectivity index (χ3v) is 14.4. The van der Waals surface area contributed by atoms with Crippen molar-refractivity contribution in [1.29, 1.82) is 0 Å². The predicted molar refractivity (Wildman–Crippen MR) is 183 cm³/mol. The molecule has 200 valence electrons. The van der Waals surface area contributed by atoms with Gasteiger partial charge in [-0.3, -0.25) is 0 Å². The van der Waals surface area contributed by atoms with Gasteiger partial charge in [-0.15, -0.1) is 11.3 Å². The molecule has 42 heavy (non-hydrogen) atoms. The fraction of sp³-hybridized carbons (Fsp3) is 0.0769. The Bertz CT molecular complexity index is 2140. The number of hydrogen-bond donors (Lipinski definition) is 0. The van der Waals surface area contributed by atoms with Crippen LogP contribution in [0.2, 0.25) is 13.1 Å². The van der Waals surface area contributed by atoms with Gasteiger partial charge in [0.25, 0.3) is 0 Å². The molecule has 1 aromatic heterocycles. The second-order valence-electron chi connectivity index (χ2n) is 12.1. The maximum Gasteiger partial charge on any atom is 0.113 e. The lowest BCUT2D eigenvalue weighted by Crippen LogP contribution is -2.64. The van der Waals surface area contributed by atoms with Gasteiger partial charge in [0.05, 0.1) is 16.8 Å².